The monoisotopic (exact) mass is 520 g/mol. The Morgan fingerprint density at radius 2 is 1.22 bits per heavy atom. The van der Waals surface area contributed by atoms with Crippen molar-refractivity contribution in [2.75, 3.05) is 13.9 Å². The van der Waals surface area contributed by atoms with Crippen LogP contribution < -0.4 is 24.8 Å². The Hall–Kier alpha value is -3.04. The number of para-hydroxylation sites is 3. The summed E-state index contributed by atoms with van der Waals surface area (Å²) in [5.74, 6) is 3.43. The number of hydrogen-bond donors (Lipinski definition) is 0. The molecule has 0 aliphatic heterocycles. The molecule has 0 saturated carbocycles. The largest absolute Gasteiger partial charge is 0.467 e. The molecule has 0 heterocycles. The van der Waals surface area contributed by atoms with Crippen molar-refractivity contribution in [2.24, 2.45) is 0 Å². The van der Waals surface area contributed by atoms with Crippen LogP contribution in [0.4, 0.5) is 0 Å². The van der Waals surface area contributed by atoms with Gasteiger partial charge >= 0.3 is 0 Å². The van der Waals surface area contributed by atoms with Crippen LogP contribution in [0.2, 0.25) is 0 Å². The number of ether oxygens (including phenoxy) is 4. The fourth-order valence-electron chi connectivity index (χ4n) is 3.75. The van der Waals surface area contributed by atoms with E-state index in [2.05, 4.69) is 26.8 Å². The van der Waals surface area contributed by atoms with Gasteiger partial charge in [0.1, 0.15) is 28.7 Å². The van der Waals surface area contributed by atoms with E-state index in [4.69, 9.17) is 30.2 Å². The minimum absolute atomic E-state index is 0.121. The van der Waals surface area contributed by atoms with Gasteiger partial charge in [-0.2, -0.15) is 0 Å². The molecule has 4 rings (SSSR count). The lowest BCUT2D eigenvalue weighted by molar-refractivity contribution is 0.0506. The van der Waals surface area contributed by atoms with E-state index in [0.29, 0.717) is 11.5 Å². The Labute approximate surface area is 219 Å². The number of halogens is 1. The van der Waals surface area contributed by atoms with Crippen LogP contribution in [0, 0.1) is 0 Å². The molecule has 0 saturated heterocycles. The van der Waals surface area contributed by atoms with E-state index >= 15 is 0 Å². The van der Waals surface area contributed by atoms with Gasteiger partial charge in [0, 0.05) is 18.0 Å². The molecule has 0 spiro atoms. The summed E-state index contributed by atoms with van der Waals surface area (Å²) in [6, 6.07) is 31.2. The summed E-state index contributed by atoms with van der Waals surface area (Å²) in [5, 5.41) is 1.65. The number of benzene rings is 4. The Morgan fingerprint density at radius 3 is 1.72 bits per heavy atom. The summed E-state index contributed by atoms with van der Waals surface area (Å²) in [7, 11) is 0.145. The zero-order valence-corrected chi connectivity index (χ0v) is 22.6. The molecule has 1 atom stereocenters. The van der Waals surface area contributed by atoms with Crippen molar-refractivity contribution < 1.29 is 18.9 Å². The summed E-state index contributed by atoms with van der Waals surface area (Å²) in [6.45, 7) is 6.58. The van der Waals surface area contributed by atoms with E-state index in [-0.39, 0.29) is 12.2 Å². The molecular weight excluding hydrogens is 491 g/mol. The van der Waals surface area contributed by atoms with Crippen molar-refractivity contribution >= 4 is 29.1 Å². The first-order valence-electron chi connectivity index (χ1n) is 11.7. The first kappa shape index (κ1) is 26.0. The number of hydrogen-bond acceptors (Lipinski definition) is 4. The predicted molar refractivity (Wildman–Crippen MR) is 149 cm³/mol. The van der Waals surface area contributed by atoms with Crippen molar-refractivity contribution in [3.05, 3.63) is 103 Å². The van der Waals surface area contributed by atoms with E-state index < -0.39 is 7.27 Å². The molecule has 0 aliphatic rings. The molecule has 0 aromatic heterocycles. The highest BCUT2D eigenvalue weighted by molar-refractivity contribution is 7.96. The summed E-state index contributed by atoms with van der Waals surface area (Å²) < 4.78 is 24.1. The normalized spacial score (nSPS) is 12.1. The molecule has 0 radical (unpaired) electrons. The van der Waals surface area contributed by atoms with Crippen molar-refractivity contribution in [3.8, 4) is 28.7 Å². The standard InChI is InChI=1S/C30H30ClO4P/c1-30(2,3)24-17-11-20-27(28(24)33-21-32-4)36(31)29-25(34-22-13-7-5-8-14-22)18-12-19-26(29)35-23-15-9-6-10-16-23/h5-20H,21H2,1-4H3. The van der Waals surface area contributed by atoms with Crippen LogP contribution in [0.5, 0.6) is 28.7 Å². The summed E-state index contributed by atoms with van der Waals surface area (Å²) in [4.78, 5) is 0. The second-order valence-corrected chi connectivity index (χ2v) is 11.7. The number of methoxy groups -OCH3 is 1. The maximum atomic E-state index is 7.36. The highest BCUT2D eigenvalue weighted by Gasteiger charge is 2.29. The van der Waals surface area contributed by atoms with Crippen molar-refractivity contribution in [2.45, 2.75) is 26.2 Å². The summed E-state index contributed by atoms with van der Waals surface area (Å²) in [5.41, 5.74) is 0.896. The zero-order chi connectivity index (χ0) is 25.5. The SMILES string of the molecule is COCOc1c(P(Cl)c2c(Oc3ccccc3)cccc2Oc2ccccc2)cccc1C(C)(C)C. The Bertz CT molecular complexity index is 1210. The lowest BCUT2D eigenvalue weighted by atomic mass is 9.86. The van der Waals surface area contributed by atoms with Gasteiger partial charge in [-0.15, -0.1) is 0 Å². The molecule has 0 fully saturated rings. The van der Waals surface area contributed by atoms with Gasteiger partial charge in [-0.25, -0.2) is 0 Å². The molecule has 1 unspecified atom stereocenters. The summed E-state index contributed by atoms with van der Waals surface area (Å²) in [6.07, 6.45) is 0. The van der Waals surface area contributed by atoms with Crippen molar-refractivity contribution in [1.29, 1.82) is 0 Å². The van der Waals surface area contributed by atoms with Crippen LogP contribution in [0.1, 0.15) is 26.3 Å². The molecule has 6 heteroatoms. The first-order chi connectivity index (χ1) is 17.4. The lowest BCUT2D eigenvalue weighted by Crippen LogP contribution is -2.21. The highest BCUT2D eigenvalue weighted by Crippen LogP contribution is 2.50. The predicted octanol–water partition coefficient (Wildman–Crippen LogP) is 8.14. The molecule has 4 aromatic carbocycles. The molecular formula is C30H30ClO4P. The van der Waals surface area contributed by atoms with Crippen LogP contribution >= 0.6 is 18.5 Å². The highest BCUT2D eigenvalue weighted by atomic mass is 35.7. The second-order valence-electron chi connectivity index (χ2n) is 9.17. The molecule has 186 valence electrons. The average molecular weight is 521 g/mol. The maximum Gasteiger partial charge on any atom is 0.188 e. The third-order valence-electron chi connectivity index (χ3n) is 5.44. The Morgan fingerprint density at radius 1 is 0.694 bits per heavy atom. The van der Waals surface area contributed by atoms with Gasteiger partial charge in [-0.05, 0) is 47.9 Å². The lowest BCUT2D eigenvalue weighted by Gasteiger charge is -2.27. The minimum Gasteiger partial charge on any atom is -0.467 e. The van der Waals surface area contributed by atoms with Crippen molar-refractivity contribution in [3.63, 3.8) is 0 Å². The number of rotatable bonds is 9. The van der Waals surface area contributed by atoms with Crippen LogP contribution in [0.15, 0.2) is 97.1 Å². The van der Waals surface area contributed by atoms with E-state index in [9.17, 15) is 0 Å². The van der Waals surface area contributed by atoms with Crippen LogP contribution in [-0.2, 0) is 10.2 Å². The molecule has 4 nitrogen and oxygen atoms in total. The Balaban J connectivity index is 1.86. The zero-order valence-electron chi connectivity index (χ0n) is 20.9. The third-order valence-corrected chi connectivity index (χ3v) is 8.10. The molecule has 0 N–H and O–H groups in total. The van der Waals surface area contributed by atoms with Gasteiger partial charge in [-0.3, -0.25) is 0 Å². The molecule has 0 bridgehead atoms. The smallest absolute Gasteiger partial charge is 0.188 e. The van der Waals surface area contributed by atoms with Gasteiger partial charge in [0.25, 0.3) is 0 Å². The fourth-order valence-corrected chi connectivity index (χ4v) is 6.10. The fraction of sp³-hybridized carbons (Fsp3) is 0.200. The van der Waals surface area contributed by atoms with Crippen LogP contribution in [0.25, 0.3) is 0 Å². The topological polar surface area (TPSA) is 36.9 Å². The average Bonchev–Trinajstić information content (AvgIpc) is 2.88. The van der Waals surface area contributed by atoms with Gasteiger partial charge < -0.3 is 18.9 Å². The van der Waals surface area contributed by atoms with Gasteiger partial charge in [0.15, 0.2) is 6.79 Å². The molecule has 0 aliphatic carbocycles. The van der Waals surface area contributed by atoms with E-state index in [0.717, 1.165) is 33.4 Å². The van der Waals surface area contributed by atoms with Crippen molar-refractivity contribution in [1.82, 2.24) is 0 Å². The second kappa shape index (κ2) is 11.8. The maximum absolute atomic E-state index is 7.36. The molecule has 36 heavy (non-hydrogen) atoms. The quantitative estimate of drug-likeness (QED) is 0.165. The third kappa shape index (κ3) is 6.20. The van der Waals surface area contributed by atoms with E-state index in [1.54, 1.807) is 7.11 Å². The molecule has 4 aromatic rings. The summed E-state index contributed by atoms with van der Waals surface area (Å²) >= 11 is 7.36. The van der Waals surface area contributed by atoms with Crippen LogP contribution in [0.3, 0.4) is 0 Å². The van der Waals surface area contributed by atoms with Gasteiger partial charge in [0.2, 0.25) is 0 Å². The first-order valence-corrected chi connectivity index (χ1v) is 13.9. The minimum atomic E-state index is -1.46. The van der Waals surface area contributed by atoms with Crippen LogP contribution in [-0.4, -0.2) is 13.9 Å². The van der Waals surface area contributed by atoms with E-state index in [1.807, 2.05) is 91.0 Å². The van der Waals surface area contributed by atoms with E-state index in [1.165, 1.54) is 0 Å². The van der Waals surface area contributed by atoms with Gasteiger partial charge in [-0.1, -0.05) is 86.6 Å². The molecule has 0 amide bonds. The van der Waals surface area contributed by atoms with Gasteiger partial charge in [0.05, 0.1) is 12.6 Å². The Kier molecular flexibility index (Phi) is 8.53.